The van der Waals surface area contributed by atoms with Gasteiger partial charge in [0, 0.05) is 23.3 Å². The Kier molecular flexibility index (Phi) is 5.46. The molecule has 0 bridgehead atoms. The summed E-state index contributed by atoms with van der Waals surface area (Å²) in [6, 6.07) is 15.4. The quantitative estimate of drug-likeness (QED) is 0.795. The number of hydrogen-bond donors (Lipinski definition) is 1. The summed E-state index contributed by atoms with van der Waals surface area (Å²) in [7, 11) is 0. The molecule has 0 saturated carbocycles. The van der Waals surface area contributed by atoms with E-state index in [4.69, 9.17) is 0 Å². The van der Waals surface area contributed by atoms with Gasteiger partial charge >= 0.3 is 0 Å². The number of rotatable bonds is 4. The number of nitrogens with one attached hydrogen (secondary N) is 1. The van der Waals surface area contributed by atoms with Crippen LogP contribution >= 0.6 is 15.9 Å². The molecule has 0 spiro atoms. The van der Waals surface area contributed by atoms with Gasteiger partial charge in [-0.2, -0.15) is 0 Å². The van der Waals surface area contributed by atoms with Crippen molar-refractivity contribution >= 4 is 45.5 Å². The van der Waals surface area contributed by atoms with Crippen molar-refractivity contribution in [3.05, 3.63) is 64.6 Å². The van der Waals surface area contributed by atoms with E-state index in [9.17, 15) is 4.79 Å². The zero-order valence-electron chi connectivity index (χ0n) is 11.6. The molecule has 0 aromatic heterocycles. The van der Waals surface area contributed by atoms with Crippen LogP contribution in [0.25, 0.3) is 6.08 Å². The minimum atomic E-state index is -0.0799. The fraction of sp³-hybridized carbons (Fsp3) is 0.0588. The van der Waals surface area contributed by atoms with Crippen LogP contribution < -0.4 is 5.32 Å². The first-order chi connectivity index (χ1) is 10.1. The van der Waals surface area contributed by atoms with Crippen molar-refractivity contribution in [3.63, 3.8) is 0 Å². The van der Waals surface area contributed by atoms with Gasteiger partial charge in [-0.1, -0.05) is 34.1 Å². The summed E-state index contributed by atoms with van der Waals surface area (Å²) in [4.78, 5) is 15.2. The maximum absolute atomic E-state index is 10.9. The third kappa shape index (κ3) is 5.36. The fourth-order valence-electron chi connectivity index (χ4n) is 1.69. The van der Waals surface area contributed by atoms with E-state index < -0.39 is 0 Å². The van der Waals surface area contributed by atoms with Gasteiger partial charge < -0.3 is 5.32 Å². The van der Waals surface area contributed by atoms with E-state index in [1.807, 2.05) is 60.7 Å². The highest BCUT2D eigenvalue weighted by Crippen LogP contribution is 2.16. The van der Waals surface area contributed by atoms with Crippen LogP contribution in [0, 0.1) is 0 Å². The van der Waals surface area contributed by atoms with Gasteiger partial charge in [0.25, 0.3) is 0 Å². The zero-order valence-corrected chi connectivity index (χ0v) is 13.2. The number of nitrogens with zero attached hydrogens (tertiary/aromatic N) is 1. The molecule has 3 nitrogen and oxygen atoms in total. The molecule has 0 aliphatic rings. The van der Waals surface area contributed by atoms with Crippen molar-refractivity contribution in [1.82, 2.24) is 0 Å². The molecule has 106 valence electrons. The molecule has 2 aromatic rings. The summed E-state index contributed by atoms with van der Waals surface area (Å²) in [5.41, 5.74) is 2.72. The first-order valence-corrected chi connectivity index (χ1v) is 7.27. The van der Waals surface area contributed by atoms with Gasteiger partial charge in [-0.3, -0.25) is 9.79 Å². The summed E-state index contributed by atoms with van der Waals surface area (Å²) in [5, 5.41) is 2.72. The van der Waals surface area contributed by atoms with Gasteiger partial charge in [0.15, 0.2) is 0 Å². The van der Waals surface area contributed by atoms with Gasteiger partial charge in [-0.15, -0.1) is 0 Å². The number of benzene rings is 2. The lowest BCUT2D eigenvalue weighted by Gasteiger charge is -2.01. The van der Waals surface area contributed by atoms with Crippen LogP contribution in [0.15, 0.2) is 64.1 Å². The van der Waals surface area contributed by atoms with Gasteiger partial charge in [-0.05, 0) is 48.0 Å². The second kappa shape index (κ2) is 7.55. The minimum absolute atomic E-state index is 0.0799. The van der Waals surface area contributed by atoms with Crippen LogP contribution in [-0.4, -0.2) is 12.1 Å². The standard InChI is InChI=1S/C17H15BrN2O/c1-13(21)20-17-10-8-16(9-11-17)19-12-2-3-14-4-6-15(18)7-5-14/h2-12H,1H3,(H,20,21)/b3-2-,19-12?. The van der Waals surface area contributed by atoms with E-state index in [0.717, 1.165) is 21.4 Å². The van der Waals surface area contributed by atoms with Crippen LogP contribution in [-0.2, 0) is 4.79 Å². The van der Waals surface area contributed by atoms with Crippen molar-refractivity contribution in [2.24, 2.45) is 4.99 Å². The zero-order chi connectivity index (χ0) is 15.1. The normalized spacial score (nSPS) is 11.1. The van der Waals surface area contributed by atoms with Crippen molar-refractivity contribution < 1.29 is 4.79 Å². The Bertz CT molecular complexity index is 658. The Morgan fingerprint density at radius 1 is 1.10 bits per heavy atom. The van der Waals surface area contributed by atoms with E-state index in [1.54, 1.807) is 6.21 Å². The molecule has 2 rings (SSSR count). The Morgan fingerprint density at radius 3 is 2.38 bits per heavy atom. The third-order valence-corrected chi connectivity index (χ3v) is 3.18. The SMILES string of the molecule is CC(=O)Nc1ccc(N=C/C=C\c2ccc(Br)cc2)cc1. The lowest BCUT2D eigenvalue weighted by atomic mass is 10.2. The Hall–Kier alpha value is -2.20. The van der Waals surface area contributed by atoms with Crippen LogP contribution in [0.2, 0.25) is 0 Å². The van der Waals surface area contributed by atoms with Gasteiger partial charge in [0.1, 0.15) is 0 Å². The van der Waals surface area contributed by atoms with Gasteiger partial charge in [-0.25, -0.2) is 0 Å². The number of halogens is 1. The van der Waals surface area contributed by atoms with Crippen molar-refractivity contribution in [1.29, 1.82) is 0 Å². The largest absolute Gasteiger partial charge is 0.326 e. The molecule has 0 radical (unpaired) electrons. The molecule has 21 heavy (non-hydrogen) atoms. The Balaban J connectivity index is 1.94. The van der Waals surface area contributed by atoms with Crippen LogP contribution in [0.3, 0.4) is 0 Å². The maximum atomic E-state index is 10.9. The average Bonchev–Trinajstić information content (AvgIpc) is 2.46. The monoisotopic (exact) mass is 342 g/mol. The molecule has 0 unspecified atom stereocenters. The second-order valence-corrected chi connectivity index (χ2v) is 5.33. The molecule has 1 amide bonds. The number of hydrogen-bond acceptors (Lipinski definition) is 2. The van der Waals surface area contributed by atoms with Crippen LogP contribution in [0.1, 0.15) is 12.5 Å². The molecule has 4 heteroatoms. The van der Waals surface area contributed by atoms with E-state index in [1.165, 1.54) is 6.92 Å². The highest BCUT2D eigenvalue weighted by molar-refractivity contribution is 9.10. The fourth-order valence-corrected chi connectivity index (χ4v) is 1.96. The molecule has 0 heterocycles. The summed E-state index contributed by atoms with van der Waals surface area (Å²) in [5.74, 6) is -0.0799. The smallest absolute Gasteiger partial charge is 0.221 e. The molecular formula is C17H15BrN2O. The number of carbonyl (C=O) groups is 1. The summed E-state index contributed by atoms with van der Waals surface area (Å²) < 4.78 is 1.06. The molecule has 0 fully saturated rings. The topological polar surface area (TPSA) is 41.5 Å². The third-order valence-electron chi connectivity index (χ3n) is 2.66. The highest BCUT2D eigenvalue weighted by Gasteiger charge is 1.94. The number of carbonyl (C=O) groups excluding carboxylic acids is 1. The Morgan fingerprint density at radius 2 is 1.76 bits per heavy atom. The second-order valence-electron chi connectivity index (χ2n) is 4.42. The molecule has 0 saturated heterocycles. The molecule has 0 aliphatic carbocycles. The van der Waals surface area contributed by atoms with Gasteiger partial charge in [0.2, 0.25) is 5.91 Å². The maximum Gasteiger partial charge on any atom is 0.221 e. The average molecular weight is 343 g/mol. The highest BCUT2D eigenvalue weighted by atomic mass is 79.9. The van der Waals surface area contributed by atoms with Crippen molar-refractivity contribution in [2.75, 3.05) is 5.32 Å². The van der Waals surface area contributed by atoms with Crippen LogP contribution in [0.4, 0.5) is 11.4 Å². The number of amides is 1. The first-order valence-electron chi connectivity index (χ1n) is 6.47. The molecule has 1 N–H and O–H groups in total. The summed E-state index contributed by atoms with van der Waals surface area (Å²) in [6.45, 7) is 1.49. The number of anilines is 1. The minimum Gasteiger partial charge on any atom is -0.326 e. The summed E-state index contributed by atoms with van der Waals surface area (Å²) in [6.07, 6.45) is 5.63. The lowest BCUT2D eigenvalue weighted by Crippen LogP contribution is -2.04. The van der Waals surface area contributed by atoms with E-state index in [0.29, 0.717) is 0 Å². The first kappa shape index (κ1) is 15.2. The van der Waals surface area contributed by atoms with Crippen molar-refractivity contribution in [2.45, 2.75) is 6.92 Å². The molecule has 0 aliphatic heterocycles. The van der Waals surface area contributed by atoms with Crippen LogP contribution in [0.5, 0.6) is 0 Å². The number of allylic oxidation sites excluding steroid dienone is 1. The van der Waals surface area contributed by atoms with E-state index in [-0.39, 0.29) is 5.91 Å². The van der Waals surface area contributed by atoms with E-state index >= 15 is 0 Å². The van der Waals surface area contributed by atoms with Gasteiger partial charge in [0.05, 0.1) is 5.69 Å². The van der Waals surface area contributed by atoms with Crippen molar-refractivity contribution in [3.8, 4) is 0 Å². The predicted octanol–water partition coefficient (Wildman–Crippen LogP) is 4.82. The Labute approximate surface area is 132 Å². The molecule has 0 atom stereocenters. The predicted molar refractivity (Wildman–Crippen MR) is 92.1 cm³/mol. The number of aliphatic imine (C=N–C) groups is 1. The molecule has 2 aromatic carbocycles. The van der Waals surface area contributed by atoms with E-state index in [2.05, 4.69) is 26.2 Å². The lowest BCUT2D eigenvalue weighted by molar-refractivity contribution is -0.114. The summed E-state index contributed by atoms with van der Waals surface area (Å²) >= 11 is 3.40. The molecular weight excluding hydrogens is 328 g/mol.